The van der Waals surface area contributed by atoms with Crippen molar-refractivity contribution in [1.82, 2.24) is 5.01 Å². The van der Waals surface area contributed by atoms with Crippen LogP contribution in [0.3, 0.4) is 0 Å². The van der Waals surface area contributed by atoms with Crippen LogP contribution in [0.25, 0.3) is 0 Å². The van der Waals surface area contributed by atoms with Gasteiger partial charge in [0.05, 0.1) is 11.8 Å². The highest BCUT2D eigenvalue weighted by atomic mass is 35.5. The molecular weight excluding hydrogens is 307 g/mol. The maximum absolute atomic E-state index is 12.4. The maximum Gasteiger partial charge on any atom is 0.274 e. The van der Waals surface area contributed by atoms with Crippen molar-refractivity contribution in [3.05, 3.63) is 69.2 Å². The molecule has 1 atom stereocenters. The number of hydrogen-bond acceptors (Lipinski definition) is 2. The van der Waals surface area contributed by atoms with Crippen molar-refractivity contribution in [2.45, 2.75) is 12.5 Å². The first-order valence-electron chi connectivity index (χ1n) is 6.60. The lowest BCUT2D eigenvalue weighted by Crippen LogP contribution is -2.17. The molecule has 2 aromatic carbocycles. The van der Waals surface area contributed by atoms with Gasteiger partial charge in [0.2, 0.25) is 0 Å². The highest BCUT2D eigenvalue weighted by molar-refractivity contribution is 6.36. The van der Waals surface area contributed by atoms with Gasteiger partial charge in [-0.25, -0.2) is 5.01 Å². The Morgan fingerprint density at radius 2 is 1.90 bits per heavy atom. The molecule has 0 spiro atoms. The van der Waals surface area contributed by atoms with Crippen LogP contribution >= 0.6 is 23.2 Å². The zero-order valence-corrected chi connectivity index (χ0v) is 12.4. The minimum Gasteiger partial charge on any atom is -0.267 e. The number of fused-ring (bicyclic) bond motifs is 3. The Hall–Kier alpha value is -1.84. The number of hydrazone groups is 1. The lowest BCUT2D eigenvalue weighted by atomic mass is 9.98. The van der Waals surface area contributed by atoms with Crippen molar-refractivity contribution in [3.63, 3.8) is 0 Å². The summed E-state index contributed by atoms with van der Waals surface area (Å²) in [5, 5.41) is 7.23. The average Bonchev–Trinajstić information content (AvgIpc) is 3.03. The maximum atomic E-state index is 12.4. The second kappa shape index (κ2) is 4.58. The molecule has 2 aliphatic heterocycles. The molecule has 3 nitrogen and oxygen atoms in total. The molecular formula is C16H10Cl2N2O. The number of amides is 1. The number of carbonyl (C=O) groups is 1. The topological polar surface area (TPSA) is 32.7 Å². The van der Waals surface area contributed by atoms with Crippen LogP contribution in [-0.4, -0.2) is 16.6 Å². The summed E-state index contributed by atoms with van der Waals surface area (Å²) in [6, 6.07) is 12.9. The van der Waals surface area contributed by atoms with Crippen LogP contribution in [0.15, 0.2) is 47.6 Å². The van der Waals surface area contributed by atoms with E-state index in [2.05, 4.69) is 5.10 Å². The van der Waals surface area contributed by atoms with Crippen molar-refractivity contribution >= 4 is 34.8 Å². The molecule has 0 saturated carbocycles. The van der Waals surface area contributed by atoms with Gasteiger partial charge in [-0.3, -0.25) is 4.79 Å². The van der Waals surface area contributed by atoms with Gasteiger partial charge in [0, 0.05) is 27.6 Å². The first-order chi connectivity index (χ1) is 10.1. The molecule has 0 aliphatic carbocycles. The Labute approximate surface area is 131 Å². The van der Waals surface area contributed by atoms with E-state index in [4.69, 9.17) is 23.2 Å². The Bertz CT molecular complexity index is 801. The molecule has 5 heteroatoms. The van der Waals surface area contributed by atoms with Crippen LogP contribution in [0.2, 0.25) is 10.0 Å². The van der Waals surface area contributed by atoms with Gasteiger partial charge in [-0.1, -0.05) is 41.4 Å². The van der Waals surface area contributed by atoms with Gasteiger partial charge in [-0.05, 0) is 29.8 Å². The zero-order valence-electron chi connectivity index (χ0n) is 10.9. The van der Waals surface area contributed by atoms with Crippen molar-refractivity contribution in [2.24, 2.45) is 5.10 Å². The molecule has 0 fully saturated rings. The van der Waals surface area contributed by atoms with Gasteiger partial charge in [-0.15, -0.1) is 0 Å². The van der Waals surface area contributed by atoms with E-state index in [0.717, 1.165) is 22.4 Å². The molecule has 2 aromatic rings. The monoisotopic (exact) mass is 316 g/mol. The van der Waals surface area contributed by atoms with E-state index in [9.17, 15) is 4.79 Å². The molecule has 2 aliphatic rings. The third-order valence-electron chi connectivity index (χ3n) is 3.91. The molecule has 0 saturated heterocycles. The second-order valence-electron chi connectivity index (χ2n) is 5.13. The number of nitrogens with zero attached hydrogens (tertiary/aromatic N) is 2. The second-order valence-corrected chi connectivity index (χ2v) is 5.97. The Morgan fingerprint density at radius 3 is 2.76 bits per heavy atom. The Morgan fingerprint density at radius 1 is 1.10 bits per heavy atom. The van der Waals surface area contributed by atoms with Crippen LogP contribution < -0.4 is 0 Å². The van der Waals surface area contributed by atoms with Gasteiger partial charge >= 0.3 is 0 Å². The van der Waals surface area contributed by atoms with Crippen molar-refractivity contribution in [3.8, 4) is 0 Å². The zero-order chi connectivity index (χ0) is 14.6. The first kappa shape index (κ1) is 12.9. The fourth-order valence-electron chi connectivity index (χ4n) is 2.93. The van der Waals surface area contributed by atoms with Crippen LogP contribution in [-0.2, 0) is 0 Å². The van der Waals surface area contributed by atoms with E-state index in [-0.39, 0.29) is 11.9 Å². The van der Waals surface area contributed by atoms with Gasteiger partial charge in [-0.2, -0.15) is 5.10 Å². The average molecular weight is 317 g/mol. The molecule has 0 aromatic heterocycles. The summed E-state index contributed by atoms with van der Waals surface area (Å²) in [6.07, 6.45) is 0.656. The summed E-state index contributed by atoms with van der Waals surface area (Å²) < 4.78 is 0. The van der Waals surface area contributed by atoms with Crippen LogP contribution in [0.4, 0.5) is 0 Å². The largest absolute Gasteiger partial charge is 0.274 e. The minimum atomic E-state index is -0.0521. The van der Waals surface area contributed by atoms with Gasteiger partial charge in [0.1, 0.15) is 0 Å². The fourth-order valence-corrected chi connectivity index (χ4v) is 3.33. The highest BCUT2D eigenvalue weighted by Gasteiger charge is 2.41. The summed E-state index contributed by atoms with van der Waals surface area (Å²) in [7, 11) is 0. The fraction of sp³-hybridized carbons (Fsp3) is 0.125. The summed E-state index contributed by atoms with van der Waals surface area (Å²) in [6.45, 7) is 0. The predicted octanol–water partition coefficient (Wildman–Crippen LogP) is 4.30. The third-order valence-corrected chi connectivity index (χ3v) is 4.47. The number of hydrogen-bond donors (Lipinski definition) is 0. The van der Waals surface area contributed by atoms with Gasteiger partial charge < -0.3 is 0 Å². The predicted molar refractivity (Wildman–Crippen MR) is 83.0 cm³/mol. The molecule has 0 N–H and O–H groups in total. The standard InChI is InChI=1S/C16H10Cl2N2O/c17-9-5-6-13(18)12(7-9)14-8-15-10-3-1-2-4-11(10)16(21)20(15)19-14/h1-7,15H,8H2/t15-/m1/s1. The van der Waals surface area contributed by atoms with E-state index in [1.54, 1.807) is 23.2 Å². The summed E-state index contributed by atoms with van der Waals surface area (Å²) in [4.78, 5) is 12.4. The van der Waals surface area contributed by atoms with E-state index >= 15 is 0 Å². The summed E-state index contributed by atoms with van der Waals surface area (Å²) in [5.41, 5.74) is 3.36. The normalized spacial score (nSPS) is 19.5. The van der Waals surface area contributed by atoms with Crippen LogP contribution in [0.1, 0.15) is 33.9 Å². The molecule has 0 radical (unpaired) electrons. The Kier molecular flexibility index (Phi) is 2.81. The van der Waals surface area contributed by atoms with Crippen molar-refractivity contribution < 1.29 is 4.79 Å². The van der Waals surface area contributed by atoms with Gasteiger partial charge in [0.15, 0.2) is 0 Å². The van der Waals surface area contributed by atoms with E-state index in [1.165, 1.54) is 0 Å². The number of carbonyl (C=O) groups excluding carboxylic acids is 1. The van der Waals surface area contributed by atoms with E-state index in [0.29, 0.717) is 16.5 Å². The molecule has 21 heavy (non-hydrogen) atoms. The number of rotatable bonds is 1. The lowest BCUT2D eigenvalue weighted by Gasteiger charge is -2.10. The smallest absolute Gasteiger partial charge is 0.267 e. The van der Waals surface area contributed by atoms with Gasteiger partial charge in [0.25, 0.3) is 5.91 Å². The minimum absolute atomic E-state index is 0.0289. The third kappa shape index (κ3) is 1.88. The van der Waals surface area contributed by atoms with Crippen LogP contribution in [0, 0.1) is 0 Å². The van der Waals surface area contributed by atoms with Crippen molar-refractivity contribution in [1.29, 1.82) is 0 Å². The molecule has 104 valence electrons. The summed E-state index contributed by atoms with van der Waals surface area (Å²) >= 11 is 12.3. The Balaban J connectivity index is 1.77. The van der Waals surface area contributed by atoms with Crippen molar-refractivity contribution in [2.75, 3.05) is 0 Å². The molecule has 2 heterocycles. The molecule has 1 amide bonds. The molecule has 0 bridgehead atoms. The SMILES string of the molecule is O=C1c2ccccc2[C@H]2CC(c3cc(Cl)ccc3Cl)=NN12. The van der Waals surface area contributed by atoms with E-state index < -0.39 is 0 Å². The number of halogens is 2. The molecule has 0 unspecified atom stereocenters. The van der Waals surface area contributed by atoms with Crippen LogP contribution in [0.5, 0.6) is 0 Å². The highest BCUT2D eigenvalue weighted by Crippen LogP contribution is 2.41. The first-order valence-corrected chi connectivity index (χ1v) is 7.36. The van der Waals surface area contributed by atoms with E-state index in [1.807, 2.05) is 24.3 Å². The quantitative estimate of drug-likeness (QED) is 0.772. The molecule has 4 rings (SSSR count). The number of benzene rings is 2. The summed E-state index contributed by atoms with van der Waals surface area (Å²) in [5.74, 6) is -0.0521. The lowest BCUT2D eigenvalue weighted by molar-refractivity contribution is 0.0756.